The van der Waals surface area contributed by atoms with E-state index in [9.17, 15) is 14.7 Å². The molecule has 0 amide bonds. The van der Waals surface area contributed by atoms with Gasteiger partial charge in [-0.3, -0.25) is 4.79 Å². The molecule has 0 bridgehead atoms. The molecule has 3 rings (SSSR count). The monoisotopic (exact) mass is 406 g/mol. The maximum atomic E-state index is 12.1. The second kappa shape index (κ2) is 9.91. The number of aromatic carboxylic acids is 1. The van der Waals surface area contributed by atoms with E-state index in [-0.39, 0.29) is 17.3 Å². The van der Waals surface area contributed by atoms with Crippen LogP contribution in [0.1, 0.15) is 72.0 Å². The van der Waals surface area contributed by atoms with Gasteiger partial charge < -0.3 is 5.11 Å². The summed E-state index contributed by atoms with van der Waals surface area (Å²) in [4.78, 5) is 31.9. The third kappa shape index (κ3) is 4.97. The lowest BCUT2D eigenvalue weighted by Crippen LogP contribution is -2.07. The van der Waals surface area contributed by atoms with Gasteiger partial charge in [-0.15, -0.1) is 5.10 Å². The van der Waals surface area contributed by atoms with E-state index in [0.717, 1.165) is 42.8 Å². The molecule has 0 atom stereocenters. The lowest BCUT2D eigenvalue weighted by atomic mass is 10.0. The Bertz CT molecular complexity index is 1030. The molecule has 0 saturated heterocycles. The van der Waals surface area contributed by atoms with Crippen molar-refractivity contribution in [2.45, 2.75) is 52.5 Å². The number of aromatic nitrogens is 4. The van der Waals surface area contributed by atoms with E-state index in [4.69, 9.17) is 0 Å². The first-order valence-corrected chi connectivity index (χ1v) is 10.3. The van der Waals surface area contributed by atoms with Crippen molar-refractivity contribution >= 4 is 11.8 Å². The Hall–Kier alpha value is -3.35. The Morgan fingerprint density at radius 3 is 2.50 bits per heavy atom. The van der Waals surface area contributed by atoms with E-state index in [1.165, 1.54) is 6.20 Å². The van der Waals surface area contributed by atoms with Gasteiger partial charge in [0.05, 0.1) is 0 Å². The molecule has 3 aromatic rings. The van der Waals surface area contributed by atoms with Crippen molar-refractivity contribution in [3.63, 3.8) is 0 Å². The fourth-order valence-electron chi connectivity index (χ4n) is 3.27. The van der Waals surface area contributed by atoms with Gasteiger partial charge in [-0.2, -0.15) is 0 Å². The molecule has 1 N–H and O–H groups in total. The highest BCUT2D eigenvalue weighted by Crippen LogP contribution is 2.23. The lowest BCUT2D eigenvalue weighted by Gasteiger charge is -2.08. The van der Waals surface area contributed by atoms with Crippen LogP contribution in [0.4, 0.5) is 0 Å². The van der Waals surface area contributed by atoms with Gasteiger partial charge in [-0.05, 0) is 23.6 Å². The van der Waals surface area contributed by atoms with Gasteiger partial charge in [-0.1, -0.05) is 57.0 Å². The molecule has 7 heteroatoms. The zero-order valence-electron chi connectivity index (χ0n) is 17.3. The summed E-state index contributed by atoms with van der Waals surface area (Å²) >= 11 is 0. The Morgan fingerprint density at radius 2 is 1.83 bits per heavy atom. The quantitative estimate of drug-likeness (QED) is 0.395. The molecule has 7 nitrogen and oxygen atoms in total. The Labute approximate surface area is 175 Å². The maximum Gasteiger partial charge on any atom is 0.355 e. The van der Waals surface area contributed by atoms with E-state index in [1.807, 2.05) is 35.9 Å². The van der Waals surface area contributed by atoms with Gasteiger partial charge in [0.2, 0.25) is 11.6 Å². The number of benzene rings is 1. The second-order valence-electron chi connectivity index (χ2n) is 7.14. The van der Waals surface area contributed by atoms with Crippen molar-refractivity contribution in [1.82, 2.24) is 19.7 Å². The van der Waals surface area contributed by atoms with Gasteiger partial charge >= 0.3 is 5.97 Å². The number of aryl methyl sites for hydroxylation is 1. The van der Waals surface area contributed by atoms with E-state index in [1.54, 1.807) is 12.1 Å². The van der Waals surface area contributed by atoms with Crippen LogP contribution in [-0.2, 0) is 13.0 Å². The maximum absolute atomic E-state index is 12.1. The van der Waals surface area contributed by atoms with Gasteiger partial charge in [0.1, 0.15) is 5.82 Å². The third-order valence-corrected chi connectivity index (χ3v) is 4.93. The summed E-state index contributed by atoms with van der Waals surface area (Å²) in [5, 5.41) is 13.8. The first-order valence-electron chi connectivity index (χ1n) is 10.3. The minimum absolute atomic E-state index is 0.0311. The molecule has 0 saturated carbocycles. The zero-order chi connectivity index (χ0) is 21.5. The Morgan fingerprint density at radius 1 is 1.07 bits per heavy atom. The Kier molecular flexibility index (Phi) is 7.06. The molecular weight excluding hydrogens is 380 g/mol. The molecule has 0 radical (unpaired) electrons. The van der Waals surface area contributed by atoms with Crippen molar-refractivity contribution in [2.24, 2.45) is 0 Å². The highest BCUT2D eigenvalue weighted by Gasteiger charge is 2.16. The molecule has 0 unspecified atom stereocenters. The number of nitrogens with zero attached hydrogens (tertiary/aromatic N) is 4. The van der Waals surface area contributed by atoms with Gasteiger partial charge in [-0.25, -0.2) is 19.4 Å². The molecule has 2 aromatic heterocycles. The summed E-state index contributed by atoms with van der Waals surface area (Å²) in [7, 11) is 0. The number of rotatable bonds is 10. The molecule has 0 aliphatic carbocycles. The number of carboxylic acid groups (broad SMARTS) is 1. The van der Waals surface area contributed by atoms with Crippen molar-refractivity contribution in [2.75, 3.05) is 0 Å². The number of carboxylic acids is 1. The van der Waals surface area contributed by atoms with E-state index >= 15 is 0 Å². The van der Waals surface area contributed by atoms with Crippen molar-refractivity contribution < 1.29 is 14.7 Å². The van der Waals surface area contributed by atoms with Crippen molar-refractivity contribution in [3.8, 4) is 11.1 Å². The van der Waals surface area contributed by atoms with Crippen LogP contribution in [0.3, 0.4) is 0 Å². The molecule has 30 heavy (non-hydrogen) atoms. The van der Waals surface area contributed by atoms with E-state index in [0.29, 0.717) is 18.4 Å². The average molecular weight is 406 g/mol. The smallest absolute Gasteiger partial charge is 0.355 e. The van der Waals surface area contributed by atoms with Crippen LogP contribution in [0.2, 0.25) is 0 Å². The largest absolute Gasteiger partial charge is 0.476 e. The van der Waals surface area contributed by atoms with Crippen molar-refractivity contribution in [3.05, 3.63) is 65.5 Å². The summed E-state index contributed by atoms with van der Waals surface area (Å²) in [6.45, 7) is 4.69. The number of ketones is 1. The second-order valence-corrected chi connectivity index (χ2v) is 7.14. The van der Waals surface area contributed by atoms with E-state index < -0.39 is 5.97 Å². The number of unbranched alkanes of at least 4 members (excludes halogenated alkanes) is 2. The van der Waals surface area contributed by atoms with Crippen LogP contribution in [0.15, 0.2) is 42.6 Å². The predicted molar refractivity (Wildman–Crippen MR) is 114 cm³/mol. The molecule has 0 aliphatic rings. The lowest BCUT2D eigenvalue weighted by molar-refractivity contribution is 0.0691. The first kappa shape index (κ1) is 21.4. The molecule has 0 aliphatic heterocycles. The fraction of sp³-hybridized carbons (Fsp3) is 0.348. The summed E-state index contributed by atoms with van der Waals surface area (Å²) in [5.74, 6) is -0.0630. The minimum Gasteiger partial charge on any atom is -0.476 e. The summed E-state index contributed by atoms with van der Waals surface area (Å²) in [6, 6.07) is 11.1. The average Bonchev–Trinajstić information content (AvgIpc) is 3.16. The first-order chi connectivity index (χ1) is 14.5. The van der Waals surface area contributed by atoms with Crippen LogP contribution in [-0.4, -0.2) is 36.6 Å². The minimum atomic E-state index is -1.05. The molecule has 2 heterocycles. The number of pyridine rings is 1. The highest BCUT2D eigenvalue weighted by molar-refractivity contribution is 5.93. The molecular formula is C23H26N4O3. The third-order valence-electron chi connectivity index (χ3n) is 4.93. The summed E-state index contributed by atoms with van der Waals surface area (Å²) in [6.07, 6.45) is 5.60. The predicted octanol–water partition coefficient (Wildman–Crippen LogP) is 4.41. The standard InChI is InChI=1S/C23H26N4O3/c1-3-5-6-14-27-20(25-22(26-27)19(28)4-2)15-16-9-11-17(12-10-16)18-8-7-13-24-21(18)23(29)30/h7-13H,3-6,14-15H2,1-2H3,(H,29,30). The van der Waals surface area contributed by atoms with Crippen LogP contribution in [0, 0.1) is 0 Å². The molecule has 0 spiro atoms. The van der Waals surface area contributed by atoms with Gasteiger partial charge in [0.25, 0.3) is 0 Å². The zero-order valence-corrected chi connectivity index (χ0v) is 17.3. The highest BCUT2D eigenvalue weighted by atomic mass is 16.4. The normalized spacial score (nSPS) is 10.9. The van der Waals surface area contributed by atoms with Crippen LogP contribution in [0.5, 0.6) is 0 Å². The van der Waals surface area contributed by atoms with Crippen LogP contribution >= 0.6 is 0 Å². The number of Topliss-reactive ketones (excluding diaryl/α,β-unsaturated/α-hetero) is 1. The number of carbonyl (C=O) groups excluding carboxylic acids is 1. The van der Waals surface area contributed by atoms with Crippen molar-refractivity contribution in [1.29, 1.82) is 0 Å². The molecule has 1 aromatic carbocycles. The molecule has 0 fully saturated rings. The number of hydrogen-bond acceptors (Lipinski definition) is 5. The topological polar surface area (TPSA) is 98.0 Å². The fourth-order valence-corrected chi connectivity index (χ4v) is 3.27. The Balaban J connectivity index is 1.83. The number of carbonyl (C=O) groups is 2. The van der Waals surface area contributed by atoms with Crippen LogP contribution < -0.4 is 0 Å². The number of hydrogen-bond donors (Lipinski definition) is 1. The summed E-state index contributed by atoms with van der Waals surface area (Å²) < 4.78 is 1.84. The molecule has 156 valence electrons. The SMILES string of the molecule is CCCCCn1nc(C(=O)CC)nc1Cc1ccc(-c2cccnc2C(=O)O)cc1. The van der Waals surface area contributed by atoms with E-state index in [2.05, 4.69) is 22.0 Å². The summed E-state index contributed by atoms with van der Waals surface area (Å²) in [5.41, 5.74) is 2.41. The van der Waals surface area contributed by atoms with Gasteiger partial charge in [0.15, 0.2) is 5.69 Å². The van der Waals surface area contributed by atoms with Gasteiger partial charge in [0, 0.05) is 31.1 Å². The van der Waals surface area contributed by atoms with Crippen LogP contribution in [0.25, 0.3) is 11.1 Å².